The number of halogens is 2. The topological polar surface area (TPSA) is 55.8 Å². The summed E-state index contributed by atoms with van der Waals surface area (Å²) in [4.78, 5) is 25.4. The van der Waals surface area contributed by atoms with Gasteiger partial charge in [0, 0.05) is 13.1 Å². The highest BCUT2D eigenvalue weighted by atomic mass is 35.5. The number of nitrogens with zero attached hydrogens (tertiary/aromatic N) is 1. The second-order valence-corrected chi connectivity index (χ2v) is 5.68. The van der Waals surface area contributed by atoms with Crippen LogP contribution in [-0.4, -0.2) is 43.1 Å². The molecule has 5 nitrogen and oxygen atoms in total. The zero-order chi connectivity index (χ0) is 16.8. The zero-order valence-electron chi connectivity index (χ0n) is 12.9. The van der Waals surface area contributed by atoms with Crippen LogP contribution in [0.25, 0.3) is 0 Å². The van der Waals surface area contributed by atoms with E-state index in [0.29, 0.717) is 32.5 Å². The molecule has 0 radical (unpaired) electrons. The number of rotatable bonds is 5. The van der Waals surface area contributed by atoms with Crippen molar-refractivity contribution in [3.05, 3.63) is 29.0 Å². The molecule has 1 aromatic carbocycles. The number of ether oxygens (including phenoxy) is 2. The van der Waals surface area contributed by atoms with Crippen molar-refractivity contribution in [2.24, 2.45) is 5.92 Å². The fraction of sp³-hybridized carbons (Fsp3) is 0.500. The summed E-state index contributed by atoms with van der Waals surface area (Å²) >= 11 is 5.84. The molecule has 0 atom stereocenters. The van der Waals surface area contributed by atoms with E-state index in [0.717, 1.165) is 6.07 Å². The molecule has 23 heavy (non-hydrogen) atoms. The maximum absolute atomic E-state index is 12.9. The van der Waals surface area contributed by atoms with Gasteiger partial charge in [-0.2, -0.15) is 0 Å². The molecule has 1 aromatic rings. The standard InChI is InChI=1S/C16H19ClFNO4/c1-2-22-16(21)11-5-7-19(8-6-11)15(20)10-23-14-4-3-12(18)9-13(14)17/h3-4,9,11H,2,5-8,10H2,1H3. The SMILES string of the molecule is CCOC(=O)C1CCN(C(=O)COc2ccc(F)cc2Cl)CC1. The minimum absolute atomic E-state index is 0.124. The van der Waals surface area contributed by atoms with Crippen LogP contribution < -0.4 is 4.74 Å². The summed E-state index contributed by atoms with van der Waals surface area (Å²) in [5, 5.41) is 0.124. The first-order valence-corrected chi connectivity index (χ1v) is 7.91. The average molecular weight is 344 g/mol. The number of carbonyl (C=O) groups excluding carboxylic acids is 2. The molecule has 1 amide bonds. The van der Waals surface area contributed by atoms with Crippen LogP contribution in [0.3, 0.4) is 0 Å². The third-order valence-corrected chi connectivity index (χ3v) is 4.01. The molecule has 2 rings (SSSR count). The highest BCUT2D eigenvalue weighted by Crippen LogP contribution is 2.25. The first-order valence-electron chi connectivity index (χ1n) is 7.53. The lowest BCUT2D eigenvalue weighted by molar-refractivity contribution is -0.151. The number of piperidine rings is 1. The van der Waals surface area contributed by atoms with Gasteiger partial charge in [0.25, 0.3) is 5.91 Å². The Morgan fingerprint density at radius 3 is 2.65 bits per heavy atom. The summed E-state index contributed by atoms with van der Waals surface area (Å²) < 4.78 is 23.3. The first kappa shape index (κ1) is 17.5. The van der Waals surface area contributed by atoms with Crippen molar-refractivity contribution in [1.82, 2.24) is 4.90 Å². The Balaban J connectivity index is 1.80. The summed E-state index contributed by atoms with van der Waals surface area (Å²) in [6, 6.07) is 3.74. The number of hydrogen-bond acceptors (Lipinski definition) is 4. The van der Waals surface area contributed by atoms with Crippen molar-refractivity contribution in [3.63, 3.8) is 0 Å². The quantitative estimate of drug-likeness (QED) is 0.771. The molecule has 126 valence electrons. The number of benzene rings is 1. The van der Waals surface area contributed by atoms with E-state index < -0.39 is 5.82 Å². The van der Waals surface area contributed by atoms with Gasteiger partial charge in [-0.15, -0.1) is 0 Å². The molecule has 0 aliphatic carbocycles. The van der Waals surface area contributed by atoms with Gasteiger partial charge in [-0.1, -0.05) is 11.6 Å². The Kier molecular flexibility index (Phi) is 6.21. The normalized spacial score (nSPS) is 15.3. The number of esters is 1. The van der Waals surface area contributed by atoms with Crippen molar-refractivity contribution < 1.29 is 23.5 Å². The summed E-state index contributed by atoms with van der Waals surface area (Å²) in [5.41, 5.74) is 0. The molecule has 1 heterocycles. The van der Waals surface area contributed by atoms with Crippen molar-refractivity contribution >= 4 is 23.5 Å². The Morgan fingerprint density at radius 1 is 1.35 bits per heavy atom. The molecule has 0 bridgehead atoms. The number of amides is 1. The van der Waals surface area contributed by atoms with Gasteiger partial charge in [0.1, 0.15) is 11.6 Å². The average Bonchev–Trinajstić information content (AvgIpc) is 2.54. The summed E-state index contributed by atoms with van der Waals surface area (Å²) in [6.45, 7) is 2.94. The predicted molar refractivity (Wildman–Crippen MR) is 82.8 cm³/mol. The molecule has 0 aromatic heterocycles. The van der Waals surface area contributed by atoms with E-state index in [2.05, 4.69) is 0 Å². The van der Waals surface area contributed by atoms with Gasteiger partial charge in [-0.05, 0) is 38.0 Å². The number of hydrogen-bond donors (Lipinski definition) is 0. The Labute approximate surface area is 139 Å². The molecule has 0 saturated carbocycles. The fourth-order valence-electron chi connectivity index (χ4n) is 2.45. The zero-order valence-corrected chi connectivity index (χ0v) is 13.6. The second kappa shape index (κ2) is 8.15. The summed E-state index contributed by atoms with van der Waals surface area (Å²) in [5.74, 6) is -0.731. The molecule has 0 N–H and O–H groups in total. The predicted octanol–water partition coefficient (Wildman–Crippen LogP) is 2.66. The van der Waals surface area contributed by atoms with Crippen LogP contribution in [0.1, 0.15) is 19.8 Å². The maximum atomic E-state index is 12.9. The third kappa shape index (κ3) is 4.82. The fourth-order valence-corrected chi connectivity index (χ4v) is 2.67. The minimum Gasteiger partial charge on any atom is -0.482 e. The molecule has 1 saturated heterocycles. The van der Waals surface area contributed by atoms with Crippen LogP contribution in [0, 0.1) is 11.7 Å². The van der Waals surface area contributed by atoms with E-state index in [1.807, 2.05) is 0 Å². The van der Waals surface area contributed by atoms with Gasteiger partial charge in [0.2, 0.25) is 0 Å². The Bertz CT molecular complexity index is 573. The maximum Gasteiger partial charge on any atom is 0.309 e. The smallest absolute Gasteiger partial charge is 0.309 e. The monoisotopic (exact) mass is 343 g/mol. The van der Waals surface area contributed by atoms with E-state index in [1.165, 1.54) is 12.1 Å². The van der Waals surface area contributed by atoms with Gasteiger partial charge in [0.15, 0.2) is 6.61 Å². The van der Waals surface area contributed by atoms with Crippen LogP contribution in [-0.2, 0) is 14.3 Å². The van der Waals surface area contributed by atoms with E-state index >= 15 is 0 Å². The molecule has 1 aliphatic rings. The van der Waals surface area contributed by atoms with Gasteiger partial charge in [0.05, 0.1) is 17.5 Å². The highest BCUT2D eigenvalue weighted by molar-refractivity contribution is 6.32. The summed E-state index contributed by atoms with van der Waals surface area (Å²) in [7, 11) is 0. The van der Waals surface area contributed by atoms with Gasteiger partial charge in [-0.3, -0.25) is 9.59 Å². The lowest BCUT2D eigenvalue weighted by atomic mass is 9.97. The van der Waals surface area contributed by atoms with Crippen LogP contribution in [0.2, 0.25) is 5.02 Å². The van der Waals surface area contributed by atoms with Crippen molar-refractivity contribution in [2.45, 2.75) is 19.8 Å². The second-order valence-electron chi connectivity index (χ2n) is 5.27. The molecule has 1 fully saturated rings. The van der Waals surface area contributed by atoms with E-state index in [4.69, 9.17) is 21.1 Å². The molecular formula is C16H19ClFNO4. The molecule has 0 spiro atoms. The third-order valence-electron chi connectivity index (χ3n) is 3.71. The molecule has 7 heteroatoms. The van der Waals surface area contributed by atoms with E-state index in [-0.39, 0.29) is 35.2 Å². The number of carbonyl (C=O) groups is 2. The Morgan fingerprint density at radius 2 is 2.04 bits per heavy atom. The van der Waals surface area contributed by atoms with Gasteiger partial charge >= 0.3 is 5.97 Å². The highest BCUT2D eigenvalue weighted by Gasteiger charge is 2.28. The molecular weight excluding hydrogens is 325 g/mol. The minimum atomic E-state index is -0.463. The van der Waals surface area contributed by atoms with Crippen LogP contribution in [0.15, 0.2) is 18.2 Å². The lowest BCUT2D eigenvalue weighted by Gasteiger charge is -2.30. The van der Waals surface area contributed by atoms with Crippen LogP contribution in [0.4, 0.5) is 4.39 Å². The van der Waals surface area contributed by atoms with Crippen LogP contribution in [0.5, 0.6) is 5.75 Å². The van der Waals surface area contributed by atoms with Gasteiger partial charge in [-0.25, -0.2) is 4.39 Å². The van der Waals surface area contributed by atoms with E-state index in [1.54, 1.807) is 11.8 Å². The Hall–Kier alpha value is -1.82. The van der Waals surface area contributed by atoms with Crippen LogP contribution >= 0.6 is 11.6 Å². The lowest BCUT2D eigenvalue weighted by Crippen LogP contribution is -2.42. The molecule has 1 aliphatic heterocycles. The first-order chi connectivity index (χ1) is 11.0. The van der Waals surface area contributed by atoms with Gasteiger partial charge < -0.3 is 14.4 Å². The molecule has 0 unspecified atom stereocenters. The number of likely N-dealkylation sites (tertiary alicyclic amines) is 1. The largest absolute Gasteiger partial charge is 0.482 e. The van der Waals surface area contributed by atoms with Crippen molar-refractivity contribution in [2.75, 3.05) is 26.3 Å². The summed E-state index contributed by atoms with van der Waals surface area (Å²) in [6.07, 6.45) is 1.17. The van der Waals surface area contributed by atoms with E-state index in [9.17, 15) is 14.0 Å². The van der Waals surface area contributed by atoms with Crippen molar-refractivity contribution in [3.8, 4) is 5.75 Å². The van der Waals surface area contributed by atoms with Crippen molar-refractivity contribution in [1.29, 1.82) is 0 Å².